The van der Waals surface area contributed by atoms with Crippen LogP contribution in [0.1, 0.15) is 17.8 Å². The van der Waals surface area contributed by atoms with Crippen molar-refractivity contribution >= 4 is 11.5 Å². The van der Waals surface area contributed by atoms with Crippen molar-refractivity contribution in [2.75, 3.05) is 0 Å². The third kappa shape index (κ3) is 1.08. The molecule has 0 saturated heterocycles. The van der Waals surface area contributed by atoms with Crippen molar-refractivity contribution in [3.05, 3.63) is 23.5 Å². The highest BCUT2D eigenvalue weighted by molar-refractivity contribution is 7.05. The summed E-state index contributed by atoms with van der Waals surface area (Å²) >= 11 is 1.39. The van der Waals surface area contributed by atoms with E-state index in [0.29, 0.717) is 0 Å². The summed E-state index contributed by atoms with van der Waals surface area (Å²) in [6.45, 7) is 0. The van der Waals surface area contributed by atoms with E-state index in [9.17, 15) is 0 Å². The van der Waals surface area contributed by atoms with Crippen LogP contribution in [0.5, 0.6) is 0 Å². The molecule has 0 fully saturated rings. The van der Waals surface area contributed by atoms with Crippen molar-refractivity contribution in [1.82, 2.24) is 9.36 Å². The second-order valence-corrected chi connectivity index (χ2v) is 3.56. The first-order chi connectivity index (χ1) is 5.31. The molecule has 58 valence electrons. The van der Waals surface area contributed by atoms with Gasteiger partial charge in [0.2, 0.25) is 0 Å². The molecule has 3 nitrogen and oxygen atoms in total. The molecule has 0 spiro atoms. The predicted molar refractivity (Wildman–Crippen MR) is 44.1 cm³/mol. The van der Waals surface area contributed by atoms with Gasteiger partial charge in [0.05, 0.1) is 5.54 Å². The molecule has 1 aliphatic rings. The summed E-state index contributed by atoms with van der Waals surface area (Å²) in [5.74, 6) is 0. The minimum atomic E-state index is -0.249. The van der Waals surface area contributed by atoms with Crippen molar-refractivity contribution in [3.8, 4) is 0 Å². The number of hydrogen-bond acceptors (Lipinski definition) is 4. The van der Waals surface area contributed by atoms with E-state index in [4.69, 9.17) is 5.73 Å². The summed E-state index contributed by atoms with van der Waals surface area (Å²) in [5.41, 5.74) is 5.82. The first-order valence-electron chi connectivity index (χ1n) is 3.52. The summed E-state index contributed by atoms with van der Waals surface area (Å²) in [6, 6.07) is 0. The van der Waals surface area contributed by atoms with Gasteiger partial charge >= 0.3 is 0 Å². The minimum absolute atomic E-state index is 0.249. The summed E-state index contributed by atoms with van der Waals surface area (Å²) in [5, 5.41) is 0.947. The molecule has 0 saturated carbocycles. The van der Waals surface area contributed by atoms with Crippen molar-refractivity contribution in [2.45, 2.75) is 18.4 Å². The van der Waals surface area contributed by atoms with Gasteiger partial charge in [-0.25, -0.2) is 4.98 Å². The van der Waals surface area contributed by atoms with Gasteiger partial charge in [-0.3, -0.25) is 0 Å². The number of aromatic nitrogens is 2. The molecule has 0 aromatic carbocycles. The number of hydrogen-bond donors (Lipinski definition) is 1. The Kier molecular flexibility index (Phi) is 1.51. The molecule has 0 unspecified atom stereocenters. The first-order valence-corrected chi connectivity index (χ1v) is 4.30. The fourth-order valence-corrected chi connectivity index (χ4v) is 1.87. The molecule has 1 aromatic heterocycles. The van der Waals surface area contributed by atoms with Crippen LogP contribution in [0.25, 0.3) is 0 Å². The van der Waals surface area contributed by atoms with E-state index in [0.717, 1.165) is 17.8 Å². The predicted octanol–water partition coefficient (Wildman–Crippen LogP) is 1.04. The molecule has 11 heavy (non-hydrogen) atoms. The highest BCUT2D eigenvalue weighted by Gasteiger charge is 2.30. The van der Waals surface area contributed by atoms with E-state index in [1.54, 1.807) is 6.33 Å². The Morgan fingerprint density at radius 1 is 1.45 bits per heavy atom. The molecular weight excluding hydrogens is 158 g/mol. The Balaban J connectivity index is 2.29. The zero-order chi connectivity index (χ0) is 7.73. The van der Waals surface area contributed by atoms with Crippen molar-refractivity contribution in [1.29, 1.82) is 0 Å². The van der Waals surface area contributed by atoms with Crippen LogP contribution in [0, 0.1) is 0 Å². The van der Waals surface area contributed by atoms with Gasteiger partial charge in [-0.1, -0.05) is 12.2 Å². The standard InChI is InChI=1S/C7H9N3S/c8-7(3-1-2-4-7)6-9-5-10-11-6/h1-2,5H,3-4,8H2. The average Bonchev–Trinajstić information content (AvgIpc) is 2.55. The molecule has 2 rings (SSSR count). The van der Waals surface area contributed by atoms with Crippen molar-refractivity contribution in [2.24, 2.45) is 5.73 Å². The van der Waals surface area contributed by atoms with Crippen LogP contribution in [-0.2, 0) is 5.54 Å². The lowest BCUT2D eigenvalue weighted by molar-refractivity contribution is 0.477. The molecule has 4 heteroatoms. The fraction of sp³-hybridized carbons (Fsp3) is 0.429. The minimum Gasteiger partial charge on any atom is -0.319 e. The van der Waals surface area contributed by atoms with Crippen LogP contribution in [0.3, 0.4) is 0 Å². The first kappa shape index (κ1) is 6.94. The van der Waals surface area contributed by atoms with Crippen LogP contribution in [0.15, 0.2) is 18.5 Å². The molecule has 1 heterocycles. The highest BCUT2D eigenvalue weighted by Crippen LogP contribution is 2.31. The molecule has 0 radical (unpaired) electrons. The Labute approximate surface area is 69.1 Å². The van der Waals surface area contributed by atoms with Crippen LogP contribution >= 0.6 is 11.5 Å². The Hall–Kier alpha value is -0.740. The molecule has 2 N–H and O–H groups in total. The number of nitrogens with two attached hydrogens (primary N) is 1. The van der Waals surface area contributed by atoms with Gasteiger partial charge in [0.1, 0.15) is 11.3 Å². The van der Waals surface area contributed by atoms with Crippen LogP contribution in [-0.4, -0.2) is 9.36 Å². The van der Waals surface area contributed by atoms with E-state index in [1.807, 2.05) is 0 Å². The fourth-order valence-electron chi connectivity index (χ4n) is 1.24. The SMILES string of the molecule is NC1(c2ncns2)CC=CC1. The number of nitrogens with zero attached hydrogens (tertiary/aromatic N) is 2. The van der Waals surface area contributed by atoms with Gasteiger partial charge in [-0.2, -0.15) is 4.37 Å². The average molecular weight is 167 g/mol. The van der Waals surface area contributed by atoms with Crippen LogP contribution in [0.2, 0.25) is 0 Å². The molecule has 1 aromatic rings. The summed E-state index contributed by atoms with van der Waals surface area (Å²) in [4.78, 5) is 4.11. The lowest BCUT2D eigenvalue weighted by Crippen LogP contribution is -2.33. The van der Waals surface area contributed by atoms with Gasteiger partial charge in [0.25, 0.3) is 0 Å². The van der Waals surface area contributed by atoms with Gasteiger partial charge in [0, 0.05) is 0 Å². The summed E-state index contributed by atoms with van der Waals surface area (Å²) in [7, 11) is 0. The maximum Gasteiger partial charge on any atom is 0.134 e. The summed E-state index contributed by atoms with van der Waals surface area (Å²) < 4.78 is 3.93. The topological polar surface area (TPSA) is 51.8 Å². The van der Waals surface area contributed by atoms with E-state index in [-0.39, 0.29) is 5.54 Å². The van der Waals surface area contributed by atoms with Gasteiger partial charge in [-0.15, -0.1) is 0 Å². The van der Waals surface area contributed by atoms with Crippen LogP contribution in [0.4, 0.5) is 0 Å². The second kappa shape index (κ2) is 2.39. The Morgan fingerprint density at radius 2 is 2.18 bits per heavy atom. The lowest BCUT2D eigenvalue weighted by atomic mass is 10.00. The molecule has 0 atom stereocenters. The smallest absolute Gasteiger partial charge is 0.134 e. The van der Waals surface area contributed by atoms with Gasteiger partial charge in [-0.05, 0) is 24.4 Å². The molecule has 1 aliphatic carbocycles. The zero-order valence-electron chi connectivity index (χ0n) is 6.03. The maximum atomic E-state index is 6.07. The third-order valence-corrected chi connectivity index (χ3v) is 2.80. The van der Waals surface area contributed by atoms with Gasteiger partial charge < -0.3 is 5.73 Å². The van der Waals surface area contributed by atoms with Crippen molar-refractivity contribution in [3.63, 3.8) is 0 Å². The third-order valence-electron chi connectivity index (χ3n) is 1.92. The van der Waals surface area contributed by atoms with E-state index in [2.05, 4.69) is 21.5 Å². The second-order valence-electron chi connectivity index (χ2n) is 2.78. The largest absolute Gasteiger partial charge is 0.319 e. The monoisotopic (exact) mass is 167 g/mol. The molecule has 0 aliphatic heterocycles. The Morgan fingerprint density at radius 3 is 2.73 bits per heavy atom. The summed E-state index contributed by atoms with van der Waals surface area (Å²) in [6.07, 6.45) is 7.54. The van der Waals surface area contributed by atoms with Gasteiger partial charge in [0.15, 0.2) is 0 Å². The lowest BCUT2D eigenvalue weighted by Gasteiger charge is -2.18. The molecular formula is C7H9N3S. The van der Waals surface area contributed by atoms with E-state index < -0.39 is 0 Å². The maximum absolute atomic E-state index is 6.07. The normalized spacial score (nSPS) is 20.8. The van der Waals surface area contributed by atoms with E-state index in [1.165, 1.54) is 11.5 Å². The molecule has 0 amide bonds. The quantitative estimate of drug-likeness (QED) is 0.636. The zero-order valence-corrected chi connectivity index (χ0v) is 6.84. The highest BCUT2D eigenvalue weighted by atomic mass is 32.1. The Bertz CT molecular complexity index is 257. The van der Waals surface area contributed by atoms with E-state index >= 15 is 0 Å². The molecule has 0 bridgehead atoms. The van der Waals surface area contributed by atoms with Crippen molar-refractivity contribution < 1.29 is 0 Å². The number of rotatable bonds is 1. The van der Waals surface area contributed by atoms with Crippen LogP contribution < -0.4 is 5.73 Å².